The molecule has 14 heavy (non-hydrogen) atoms. The number of ether oxygens (including phenoxy) is 2. The first kappa shape index (κ1) is 9.52. The van der Waals surface area contributed by atoms with Gasteiger partial charge in [0.2, 0.25) is 5.79 Å². The van der Waals surface area contributed by atoms with Crippen LogP contribution >= 0.6 is 15.9 Å². The average Bonchev–Trinajstić information content (AvgIpc) is 2.05. The highest BCUT2D eigenvalue weighted by Crippen LogP contribution is 2.32. The topological polar surface area (TPSA) is 35.5 Å². The lowest BCUT2D eigenvalue weighted by atomic mass is 10.1. The van der Waals surface area contributed by atoms with Crippen molar-refractivity contribution in [3.8, 4) is 5.75 Å². The first-order valence-electron chi connectivity index (χ1n) is 4.20. The van der Waals surface area contributed by atoms with Crippen LogP contribution in [0, 0.1) is 0 Å². The molecule has 0 amide bonds. The molecule has 74 valence electrons. The summed E-state index contributed by atoms with van der Waals surface area (Å²) in [7, 11) is 0. The van der Waals surface area contributed by atoms with Crippen LogP contribution in [0.4, 0.5) is 0 Å². The van der Waals surface area contributed by atoms with Gasteiger partial charge in [-0.3, -0.25) is 0 Å². The maximum atomic E-state index is 11.5. The minimum absolute atomic E-state index is 0.349. The van der Waals surface area contributed by atoms with Gasteiger partial charge in [-0.2, -0.15) is 0 Å². The summed E-state index contributed by atoms with van der Waals surface area (Å²) in [5.74, 6) is -0.662. The van der Waals surface area contributed by atoms with Crippen LogP contribution in [0.1, 0.15) is 24.2 Å². The van der Waals surface area contributed by atoms with Crippen LogP contribution < -0.4 is 4.74 Å². The third kappa shape index (κ3) is 1.62. The number of cyclic esters (lactones) is 1. The molecule has 1 aliphatic heterocycles. The molecule has 0 saturated heterocycles. The van der Waals surface area contributed by atoms with Crippen LogP contribution in [0.25, 0.3) is 0 Å². The highest BCUT2D eigenvalue weighted by atomic mass is 79.9. The monoisotopic (exact) mass is 256 g/mol. The normalized spacial score (nSPS) is 18.1. The van der Waals surface area contributed by atoms with Gasteiger partial charge in [0.1, 0.15) is 11.3 Å². The predicted molar refractivity (Wildman–Crippen MR) is 54.3 cm³/mol. The molecule has 0 saturated carbocycles. The van der Waals surface area contributed by atoms with E-state index in [1.807, 2.05) is 6.07 Å². The Morgan fingerprint density at radius 1 is 1.29 bits per heavy atom. The van der Waals surface area contributed by atoms with E-state index in [-0.39, 0.29) is 5.97 Å². The minimum atomic E-state index is -0.877. The molecule has 1 aromatic rings. The second-order valence-electron chi connectivity index (χ2n) is 3.53. The van der Waals surface area contributed by atoms with Gasteiger partial charge in [-0.05, 0) is 18.2 Å². The number of halogens is 1. The van der Waals surface area contributed by atoms with Crippen molar-refractivity contribution in [2.24, 2.45) is 0 Å². The van der Waals surface area contributed by atoms with Crippen molar-refractivity contribution in [1.82, 2.24) is 0 Å². The molecule has 1 aliphatic rings. The molecule has 0 unspecified atom stereocenters. The molecule has 0 spiro atoms. The molecule has 0 radical (unpaired) electrons. The number of esters is 1. The average molecular weight is 257 g/mol. The van der Waals surface area contributed by atoms with Crippen LogP contribution in [-0.2, 0) is 4.74 Å². The summed E-state index contributed by atoms with van der Waals surface area (Å²) in [6.07, 6.45) is 0. The summed E-state index contributed by atoms with van der Waals surface area (Å²) in [6.45, 7) is 3.41. The van der Waals surface area contributed by atoms with Gasteiger partial charge in [0.25, 0.3) is 0 Å². The SMILES string of the molecule is CC1(C)OC(=O)c2cc(Br)ccc2O1. The van der Waals surface area contributed by atoms with Crippen LogP contribution in [0.5, 0.6) is 5.75 Å². The van der Waals surface area contributed by atoms with Crippen molar-refractivity contribution in [3.05, 3.63) is 28.2 Å². The molecule has 2 rings (SSSR count). The fourth-order valence-electron chi connectivity index (χ4n) is 1.31. The number of rotatable bonds is 0. The van der Waals surface area contributed by atoms with Crippen molar-refractivity contribution in [1.29, 1.82) is 0 Å². The van der Waals surface area contributed by atoms with Gasteiger partial charge in [-0.25, -0.2) is 4.79 Å². The van der Waals surface area contributed by atoms with Gasteiger partial charge < -0.3 is 9.47 Å². The van der Waals surface area contributed by atoms with E-state index in [4.69, 9.17) is 9.47 Å². The molecule has 0 N–H and O–H groups in total. The van der Waals surface area contributed by atoms with Crippen molar-refractivity contribution in [2.75, 3.05) is 0 Å². The van der Waals surface area contributed by atoms with E-state index in [2.05, 4.69) is 15.9 Å². The standard InChI is InChI=1S/C10H9BrO3/c1-10(2)13-8-4-3-6(11)5-7(8)9(12)14-10/h3-5H,1-2H3. The fourth-order valence-corrected chi connectivity index (χ4v) is 1.68. The van der Waals surface area contributed by atoms with Crippen LogP contribution in [0.3, 0.4) is 0 Å². The molecular formula is C10H9BrO3. The van der Waals surface area contributed by atoms with E-state index in [9.17, 15) is 4.79 Å². The van der Waals surface area contributed by atoms with Crippen LogP contribution in [-0.4, -0.2) is 11.8 Å². The van der Waals surface area contributed by atoms with Crippen LogP contribution in [0.15, 0.2) is 22.7 Å². The second-order valence-corrected chi connectivity index (χ2v) is 4.45. The zero-order chi connectivity index (χ0) is 10.3. The first-order chi connectivity index (χ1) is 6.48. The summed E-state index contributed by atoms with van der Waals surface area (Å²) < 4.78 is 11.4. The van der Waals surface area contributed by atoms with E-state index in [0.717, 1.165) is 4.47 Å². The maximum Gasteiger partial charge on any atom is 0.345 e. The number of benzene rings is 1. The lowest BCUT2D eigenvalue weighted by molar-refractivity contribution is -0.127. The lowest BCUT2D eigenvalue weighted by Crippen LogP contribution is -2.38. The third-order valence-electron chi connectivity index (χ3n) is 1.86. The van der Waals surface area contributed by atoms with Gasteiger partial charge in [0, 0.05) is 18.3 Å². The van der Waals surface area contributed by atoms with Gasteiger partial charge in [0.15, 0.2) is 0 Å². The van der Waals surface area contributed by atoms with Gasteiger partial charge in [-0.15, -0.1) is 0 Å². The summed E-state index contributed by atoms with van der Waals surface area (Å²) in [5, 5.41) is 0. The number of hydrogen-bond acceptors (Lipinski definition) is 3. The fraction of sp³-hybridized carbons (Fsp3) is 0.300. The summed E-state index contributed by atoms with van der Waals surface area (Å²) in [6, 6.07) is 5.27. The molecule has 1 heterocycles. The Hall–Kier alpha value is -1.03. The Kier molecular flexibility index (Phi) is 2.03. The summed E-state index contributed by atoms with van der Waals surface area (Å²) in [5.41, 5.74) is 0.457. The molecule has 3 nitrogen and oxygen atoms in total. The number of carbonyl (C=O) groups excluding carboxylic acids is 1. The molecular weight excluding hydrogens is 248 g/mol. The largest absolute Gasteiger partial charge is 0.452 e. The maximum absolute atomic E-state index is 11.5. The summed E-state index contributed by atoms with van der Waals surface area (Å²) in [4.78, 5) is 11.5. The molecule has 1 aromatic carbocycles. The first-order valence-corrected chi connectivity index (χ1v) is 4.99. The Balaban J connectivity index is 2.50. The minimum Gasteiger partial charge on any atom is -0.452 e. The van der Waals surface area contributed by atoms with Gasteiger partial charge in [0.05, 0.1) is 0 Å². The molecule has 0 fully saturated rings. The number of fused-ring (bicyclic) bond motifs is 1. The van der Waals surface area contributed by atoms with E-state index < -0.39 is 5.79 Å². The van der Waals surface area contributed by atoms with Crippen molar-refractivity contribution in [3.63, 3.8) is 0 Å². The zero-order valence-electron chi connectivity index (χ0n) is 7.83. The van der Waals surface area contributed by atoms with Crippen molar-refractivity contribution >= 4 is 21.9 Å². The molecule has 0 bridgehead atoms. The Bertz CT molecular complexity index is 398. The van der Waals surface area contributed by atoms with Gasteiger partial charge in [-0.1, -0.05) is 15.9 Å². The number of hydrogen-bond donors (Lipinski definition) is 0. The molecule has 0 aliphatic carbocycles. The quantitative estimate of drug-likeness (QED) is 0.670. The van der Waals surface area contributed by atoms with E-state index in [1.54, 1.807) is 26.0 Å². The molecule has 0 atom stereocenters. The zero-order valence-corrected chi connectivity index (χ0v) is 9.42. The molecule has 0 aromatic heterocycles. The van der Waals surface area contributed by atoms with E-state index >= 15 is 0 Å². The highest BCUT2D eigenvalue weighted by Gasteiger charge is 2.33. The Morgan fingerprint density at radius 2 is 2.00 bits per heavy atom. The van der Waals surface area contributed by atoms with E-state index in [1.165, 1.54) is 0 Å². The van der Waals surface area contributed by atoms with Crippen molar-refractivity contribution in [2.45, 2.75) is 19.6 Å². The van der Waals surface area contributed by atoms with Crippen molar-refractivity contribution < 1.29 is 14.3 Å². The lowest BCUT2D eigenvalue weighted by Gasteiger charge is -2.31. The highest BCUT2D eigenvalue weighted by molar-refractivity contribution is 9.10. The number of carbonyl (C=O) groups is 1. The summed E-state index contributed by atoms with van der Waals surface area (Å²) >= 11 is 3.28. The Labute approximate surface area is 90.1 Å². The third-order valence-corrected chi connectivity index (χ3v) is 2.35. The molecule has 4 heteroatoms. The van der Waals surface area contributed by atoms with Crippen LogP contribution in [0.2, 0.25) is 0 Å². The Morgan fingerprint density at radius 3 is 2.71 bits per heavy atom. The predicted octanol–water partition coefficient (Wildman–Crippen LogP) is 2.73. The van der Waals surface area contributed by atoms with Gasteiger partial charge >= 0.3 is 5.97 Å². The van der Waals surface area contributed by atoms with E-state index in [0.29, 0.717) is 11.3 Å². The smallest absolute Gasteiger partial charge is 0.345 e. The second kappa shape index (κ2) is 2.98.